The minimum Gasteiger partial charge on any atom is -0.339 e. The quantitative estimate of drug-likeness (QED) is 0.731. The van der Waals surface area contributed by atoms with Crippen molar-refractivity contribution >= 4 is 18.5 Å². The number of carbonyl (C=O) groups excluding carboxylic acids is 1. The molecule has 1 aliphatic carbocycles. The third-order valence-corrected chi connectivity index (χ3v) is 4.18. The zero-order valence-electron chi connectivity index (χ0n) is 9.82. The van der Waals surface area contributed by atoms with Crippen LogP contribution in [0, 0.1) is 5.92 Å². The van der Waals surface area contributed by atoms with Crippen LogP contribution in [0.5, 0.6) is 0 Å². The Bertz CT molecular complexity index is 235. The van der Waals surface area contributed by atoms with Gasteiger partial charge in [-0.05, 0) is 12.3 Å². The van der Waals surface area contributed by atoms with Crippen LogP contribution in [0.15, 0.2) is 0 Å². The van der Waals surface area contributed by atoms with Gasteiger partial charge < -0.3 is 10.2 Å². The number of carbonyl (C=O) groups is 1. The number of rotatable bonds is 3. The molecule has 1 heterocycles. The van der Waals surface area contributed by atoms with Crippen LogP contribution >= 0.6 is 12.6 Å². The molecule has 1 saturated carbocycles. The van der Waals surface area contributed by atoms with Crippen LogP contribution in [-0.4, -0.2) is 42.2 Å². The molecule has 92 valence electrons. The molecule has 16 heavy (non-hydrogen) atoms. The summed E-state index contributed by atoms with van der Waals surface area (Å²) >= 11 is 4.50. The van der Waals surface area contributed by atoms with Gasteiger partial charge in [-0.3, -0.25) is 4.79 Å². The molecule has 1 saturated heterocycles. The minimum absolute atomic E-state index is 0.0683. The van der Waals surface area contributed by atoms with E-state index in [0.717, 1.165) is 38.5 Å². The number of thiol groups is 1. The van der Waals surface area contributed by atoms with E-state index in [1.165, 1.54) is 25.7 Å². The SMILES string of the molecule is O=C(C(S)CC1CCCC1)N1CCNCC1. The first-order valence-electron chi connectivity index (χ1n) is 6.45. The lowest BCUT2D eigenvalue weighted by molar-refractivity contribution is -0.131. The maximum absolute atomic E-state index is 12.1. The first-order valence-corrected chi connectivity index (χ1v) is 6.96. The average molecular weight is 242 g/mol. The number of hydrogen-bond acceptors (Lipinski definition) is 3. The number of nitrogens with one attached hydrogen (secondary N) is 1. The largest absolute Gasteiger partial charge is 0.339 e. The van der Waals surface area contributed by atoms with Gasteiger partial charge in [0.25, 0.3) is 0 Å². The van der Waals surface area contributed by atoms with Crippen LogP contribution in [-0.2, 0) is 4.79 Å². The Morgan fingerprint density at radius 2 is 1.94 bits per heavy atom. The molecule has 0 aromatic rings. The molecular weight excluding hydrogens is 220 g/mol. The molecule has 0 aromatic carbocycles. The fourth-order valence-electron chi connectivity index (χ4n) is 2.76. The molecule has 4 heteroatoms. The molecule has 1 amide bonds. The van der Waals surface area contributed by atoms with E-state index in [4.69, 9.17) is 0 Å². The third-order valence-electron chi connectivity index (χ3n) is 3.75. The highest BCUT2D eigenvalue weighted by Crippen LogP contribution is 2.30. The van der Waals surface area contributed by atoms with Crippen molar-refractivity contribution in [3.05, 3.63) is 0 Å². The fourth-order valence-corrected chi connectivity index (χ4v) is 3.22. The third kappa shape index (κ3) is 3.14. The number of amides is 1. The molecule has 0 radical (unpaired) electrons. The van der Waals surface area contributed by atoms with Gasteiger partial charge in [0.05, 0.1) is 5.25 Å². The summed E-state index contributed by atoms with van der Waals surface area (Å²) in [4.78, 5) is 14.1. The Labute approximate surface area is 103 Å². The van der Waals surface area contributed by atoms with Gasteiger partial charge in [0.2, 0.25) is 5.91 Å². The summed E-state index contributed by atoms with van der Waals surface area (Å²) in [5.74, 6) is 0.992. The molecule has 1 atom stereocenters. The fraction of sp³-hybridized carbons (Fsp3) is 0.917. The van der Waals surface area contributed by atoms with E-state index in [9.17, 15) is 4.79 Å². The van der Waals surface area contributed by atoms with Gasteiger partial charge in [0, 0.05) is 26.2 Å². The van der Waals surface area contributed by atoms with Crippen molar-refractivity contribution in [1.29, 1.82) is 0 Å². The highest BCUT2D eigenvalue weighted by molar-refractivity contribution is 7.81. The lowest BCUT2D eigenvalue weighted by atomic mass is 10.0. The van der Waals surface area contributed by atoms with Crippen LogP contribution in [0.25, 0.3) is 0 Å². The molecule has 0 spiro atoms. The summed E-state index contributed by atoms with van der Waals surface area (Å²) < 4.78 is 0. The van der Waals surface area contributed by atoms with Crippen molar-refractivity contribution in [3.63, 3.8) is 0 Å². The monoisotopic (exact) mass is 242 g/mol. The van der Waals surface area contributed by atoms with Crippen LogP contribution < -0.4 is 5.32 Å². The van der Waals surface area contributed by atoms with Gasteiger partial charge in [-0.1, -0.05) is 25.7 Å². The summed E-state index contributed by atoms with van der Waals surface area (Å²) in [6, 6.07) is 0. The van der Waals surface area contributed by atoms with Gasteiger partial charge in [-0.2, -0.15) is 12.6 Å². The minimum atomic E-state index is -0.0683. The van der Waals surface area contributed by atoms with Crippen molar-refractivity contribution in [2.24, 2.45) is 5.92 Å². The Hall–Kier alpha value is -0.220. The Kier molecular flexibility index (Phi) is 4.53. The average Bonchev–Trinajstić information content (AvgIpc) is 2.82. The number of hydrogen-bond donors (Lipinski definition) is 2. The van der Waals surface area contributed by atoms with E-state index >= 15 is 0 Å². The highest BCUT2D eigenvalue weighted by Gasteiger charge is 2.26. The van der Waals surface area contributed by atoms with Gasteiger partial charge in [-0.15, -0.1) is 0 Å². The molecular formula is C12H22N2OS. The molecule has 2 fully saturated rings. The zero-order chi connectivity index (χ0) is 11.4. The lowest BCUT2D eigenvalue weighted by Crippen LogP contribution is -2.49. The predicted molar refractivity (Wildman–Crippen MR) is 68.8 cm³/mol. The summed E-state index contributed by atoms with van der Waals surface area (Å²) in [5.41, 5.74) is 0. The van der Waals surface area contributed by atoms with Crippen molar-refractivity contribution in [1.82, 2.24) is 10.2 Å². The molecule has 1 unspecified atom stereocenters. The Morgan fingerprint density at radius 1 is 1.31 bits per heavy atom. The molecule has 0 bridgehead atoms. The van der Waals surface area contributed by atoms with E-state index in [2.05, 4.69) is 17.9 Å². The van der Waals surface area contributed by atoms with Crippen molar-refractivity contribution in [2.75, 3.05) is 26.2 Å². The number of nitrogens with zero attached hydrogens (tertiary/aromatic N) is 1. The Balaban J connectivity index is 1.78. The molecule has 2 rings (SSSR count). The second-order valence-corrected chi connectivity index (χ2v) is 5.60. The Morgan fingerprint density at radius 3 is 2.56 bits per heavy atom. The molecule has 3 nitrogen and oxygen atoms in total. The first kappa shape index (κ1) is 12.2. The van der Waals surface area contributed by atoms with E-state index in [1.54, 1.807) is 0 Å². The van der Waals surface area contributed by atoms with Crippen LogP contribution in [0.3, 0.4) is 0 Å². The van der Waals surface area contributed by atoms with E-state index < -0.39 is 0 Å². The normalized spacial score (nSPS) is 24.7. The maximum Gasteiger partial charge on any atom is 0.235 e. The first-order chi connectivity index (χ1) is 7.77. The van der Waals surface area contributed by atoms with Crippen LogP contribution in [0.4, 0.5) is 0 Å². The van der Waals surface area contributed by atoms with Crippen LogP contribution in [0.2, 0.25) is 0 Å². The summed E-state index contributed by atoms with van der Waals surface area (Å²) in [6.07, 6.45) is 6.25. The topological polar surface area (TPSA) is 32.3 Å². The highest BCUT2D eigenvalue weighted by atomic mass is 32.1. The molecule has 1 aliphatic heterocycles. The van der Waals surface area contributed by atoms with Crippen molar-refractivity contribution < 1.29 is 4.79 Å². The molecule has 1 N–H and O–H groups in total. The van der Waals surface area contributed by atoms with Crippen LogP contribution in [0.1, 0.15) is 32.1 Å². The van der Waals surface area contributed by atoms with E-state index in [-0.39, 0.29) is 11.2 Å². The smallest absolute Gasteiger partial charge is 0.235 e. The summed E-state index contributed by atoms with van der Waals surface area (Å²) in [6.45, 7) is 3.55. The summed E-state index contributed by atoms with van der Waals surface area (Å²) in [7, 11) is 0. The molecule has 2 aliphatic rings. The van der Waals surface area contributed by atoms with Gasteiger partial charge >= 0.3 is 0 Å². The summed E-state index contributed by atoms with van der Waals surface area (Å²) in [5, 5.41) is 3.19. The van der Waals surface area contributed by atoms with Crippen molar-refractivity contribution in [3.8, 4) is 0 Å². The predicted octanol–water partition coefficient (Wildman–Crippen LogP) is 1.30. The number of piperazine rings is 1. The van der Waals surface area contributed by atoms with Crippen molar-refractivity contribution in [2.45, 2.75) is 37.4 Å². The zero-order valence-corrected chi connectivity index (χ0v) is 10.7. The van der Waals surface area contributed by atoms with Gasteiger partial charge in [-0.25, -0.2) is 0 Å². The lowest BCUT2D eigenvalue weighted by Gasteiger charge is -2.30. The second-order valence-electron chi connectivity index (χ2n) is 4.98. The van der Waals surface area contributed by atoms with E-state index in [0.29, 0.717) is 0 Å². The second kappa shape index (κ2) is 5.92. The van der Waals surface area contributed by atoms with Gasteiger partial charge in [0.1, 0.15) is 0 Å². The van der Waals surface area contributed by atoms with E-state index in [1.807, 2.05) is 4.90 Å². The standard InChI is InChI=1S/C12H22N2OS/c15-12(14-7-5-13-6-8-14)11(16)9-10-3-1-2-4-10/h10-11,13,16H,1-9H2. The maximum atomic E-state index is 12.1. The molecule has 0 aromatic heterocycles. The van der Waals surface area contributed by atoms with Gasteiger partial charge in [0.15, 0.2) is 0 Å².